The van der Waals surface area contributed by atoms with E-state index < -0.39 is 23.0 Å². The Balaban J connectivity index is 4.89. The molecule has 0 atom stereocenters. The average molecular weight is 287 g/mol. The first-order chi connectivity index (χ1) is 6.21. The van der Waals surface area contributed by atoms with Crippen molar-refractivity contribution in [1.29, 1.82) is 0 Å². The fourth-order valence-corrected chi connectivity index (χ4v) is 0.354. The van der Waals surface area contributed by atoms with Crippen LogP contribution in [-0.2, 0) is 4.74 Å². The first-order valence-electron chi connectivity index (χ1n) is 2.80. The first kappa shape index (κ1) is 15.0. The van der Waals surface area contributed by atoms with Gasteiger partial charge < -0.3 is 0 Å². The van der Waals surface area contributed by atoms with Gasteiger partial charge in [-0.2, -0.15) is 35.1 Å². The molecule has 0 fully saturated rings. The maximum Gasteiger partial charge on any atom is 0.483 e. The fraction of sp³-hybridized carbons (Fsp3) is 1.00. The van der Waals surface area contributed by atoms with E-state index in [4.69, 9.17) is 0 Å². The highest BCUT2D eigenvalue weighted by atomic mass is 35.5. The van der Waals surface area contributed by atoms with Gasteiger partial charge in [-0.15, -0.1) is 0 Å². The lowest BCUT2D eigenvalue weighted by Gasteiger charge is -2.27. The lowest BCUT2D eigenvalue weighted by molar-refractivity contribution is -0.463. The van der Waals surface area contributed by atoms with Gasteiger partial charge in [0.25, 0.3) is 0 Å². The Morgan fingerprint density at radius 1 is 0.667 bits per heavy atom. The van der Waals surface area contributed by atoms with Crippen molar-refractivity contribution in [3.63, 3.8) is 0 Å². The number of hydrogen-bond acceptors (Lipinski definition) is 1. The second-order valence-electron chi connectivity index (χ2n) is 2.13. The number of alkyl halides is 10. The summed E-state index contributed by atoms with van der Waals surface area (Å²) in [6, 6.07) is 0. The highest BCUT2D eigenvalue weighted by molar-refractivity contribution is 6.47. The summed E-state index contributed by atoms with van der Waals surface area (Å²) < 4.78 is 91.2. The van der Waals surface area contributed by atoms with E-state index in [-0.39, 0.29) is 0 Å². The molecule has 0 aliphatic rings. The van der Waals surface area contributed by atoms with Gasteiger partial charge in [0.15, 0.2) is 0 Å². The van der Waals surface area contributed by atoms with Crippen LogP contribution in [0.3, 0.4) is 0 Å². The molecule has 15 heavy (non-hydrogen) atoms. The van der Waals surface area contributed by atoms with E-state index in [2.05, 4.69) is 23.2 Å². The van der Waals surface area contributed by atoms with Crippen molar-refractivity contribution in [1.82, 2.24) is 0 Å². The Bertz CT molecular complexity index is 206. The van der Waals surface area contributed by atoms with Gasteiger partial charge in [0.05, 0.1) is 0 Å². The maximum absolute atomic E-state index is 12.1. The van der Waals surface area contributed by atoms with Crippen LogP contribution in [0.25, 0.3) is 0 Å². The second-order valence-corrected chi connectivity index (χ2v) is 3.37. The van der Waals surface area contributed by atoms with Gasteiger partial charge in [-0.25, -0.2) is 4.74 Å². The molecule has 0 saturated heterocycles. The van der Waals surface area contributed by atoms with Crippen LogP contribution in [0.15, 0.2) is 0 Å². The molecule has 0 aliphatic heterocycles. The standard InChI is InChI=1S/C4Cl2F8O/c5-1(6,7)3(11,12)15-4(13,14)2(8,9)10. The number of ether oxygens (including phenoxy) is 1. The van der Waals surface area contributed by atoms with Gasteiger partial charge in [0, 0.05) is 0 Å². The van der Waals surface area contributed by atoms with Crippen molar-refractivity contribution in [2.75, 3.05) is 0 Å². The molecule has 92 valence electrons. The van der Waals surface area contributed by atoms with Crippen LogP contribution in [0.2, 0.25) is 0 Å². The number of halogens is 10. The Kier molecular flexibility index (Phi) is 3.77. The van der Waals surface area contributed by atoms with Gasteiger partial charge in [-0.1, -0.05) is 23.2 Å². The monoisotopic (exact) mass is 286 g/mol. The topological polar surface area (TPSA) is 9.23 Å². The molecule has 0 N–H and O–H groups in total. The molecule has 0 aromatic heterocycles. The minimum Gasteiger partial charge on any atom is -0.243 e. The molecule has 0 bridgehead atoms. The van der Waals surface area contributed by atoms with Crippen molar-refractivity contribution in [2.24, 2.45) is 0 Å². The highest BCUT2D eigenvalue weighted by Gasteiger charge is 2.68. The largest absolute Gasteiger partial charge is 0.483 e. The van der Waals surface area contributed by atoms with E-state index in [0.717, 1.165) is 0 Å². The molecule has 1 nitrogen and oxygen atoms in total. The molecule has 11 heteroatoms. The van der Waals surface area contributed by atoms with E-state index >= 15 is 0 Å². The van der Waals surface area contributed by atoms with Crippen LogP contribution in [0.4, 0.5) is 35.1 Å². The summed E-state index contributed by atoms with van der Waals surface area (Å²) in [7, 11) is 0. The summed E-state index contributed by atoms with van der Waals surface area (Å²) in [5.74, 6) is 0. The summed E-state index contributed by atoms with van der Waals surface area (Å²) in [5.41, 5.74) is 0. The molecule has 0 aromatic carbocycles. The van der Waals surface area contributed by atoms with Crippen LogP contribution in [-0.4, -0.2) is 23.0 Å². The molecular formula is C4Cl2F8O. The zero-order valence-electron chi connectivity index (χ0n) is 6.19. The van der Waals surface area contributed by atoms with E-state index in [1.807, 2.05) is 4.74 Å². The average Bonchev–Trinajstić information content (AvgIpc) is 1.77. The van der Waals surface area contributed by atoms with E-state index in [1.54, 1.807) is 0 Å². The molecule has 0 rings (SSSR count). The quantitative estimate of drug-likeness (QED) is 0.566. The normalized spacial score (nSPS) is 15.6. The lowest BCUT2D eigenvalue weighted by Crippen LogP contribution is -2.49. The minimum atomic E-state index is -6.45. The molecule has 0 radical (unpaired) electrons. The van der Waals surface area contributed by atoms with E-state index in [9.17, 15) is 35.1 Å². The Morgan fingerprint density at radius 3 is 1.20 bits per heavy atom. The molecule has 0 amide bonds. The maximum atomic E-state index is 12.1. The Morgan fingerprint density at radius 2 is 1.00 bits per heavy atom. The van der Waals surface area contributed by atoms with E-state index in [0.29, 0.717) is 0 Å². The van der Waals surface area contributed by atoms with Crippen molar-refractivity contribution in [2.45, 2.75) is 23.0 Å². The molecule has 0 spiro atoms. The summed E-state index contributed by atoms with van der Waals surface area (Å²) in [5, 5.41) is 0. The minimum absolute atomic E-state index is 1.92. The SMILES string of the molecule is FC(F)(F)C(F)(F)OC(F)(F)C(F)(Cl)Cl. The number of rotatable bonds is 3. The lowest BCUT2D eigenvalue weighted by atomic mass is 10.6. The van der Waals surface area contributed by atoms with Gasteiger partial charge in [0.1, 0.15) is 0 Å². The van der Waals surface area contributed by atoms with Gasteiger partial charge >= 0.3 is 23.0 Å². The Labute approximate surface area is 86.9 Å². The second kappa shape index (κ2) is 3.77. The van der Waals surface area contributed by atoms with Crippen LogP contribution in [0, 0.1) is 0 Å². The number of hydrogen-bond donors (Lipinski definition) is 0. The summed E-state index contributed by atoms with van der Waals surface area (Å²) in [6.07, 6.45) is -18.5. The van der Waals surface area contributed by atoms with Crippen LogP contribution >= 0.6 is 23.2 Å². The third-order valence-corrected chi connectivity index (χ3v) is 1.36. The van der Waals surface area contributed by atoms with Gasteiger partial charge in [-0.05, 0) is 0 Å². The molecule has 0 unspecified atom stereocenters. The molecular weight excluding hydrogens is 287 g/mol. The molecule has 0 heterocycles. The smallest absolute Gasteiger partial charge is 0.243 e. The van der Waals surface area contributed by atoms with E-state index in [1.165, 1.54) is 0 Å². The van der Waals surface area contributed by atoms with Crippen molar-refractivity contribution >= 4 is 23.2 Å². The van der Waals surface area contributed by atoms with Crippen molar-refractivity contribution in [3.8, 4) is 0 Å². The predicted octanol–water partition coefficient (Wildman–Crippen LogP) is 3.85. The van der Waals surface area contributed by atoms with Crippen molar-refractivity contribution < 1.29 is 39.9 Å². The van der Waals surface area contributed by atoms with Gasteiger partial charge in [-0.3, -0.25) is 0 Å². The zero-order valence-corrected chi connectivity index (χ0v) is 7.70. The fourth-order valence-electron chi connectivity index (χ4n) is 0.277. The van der Waals surface area contributed by atoms with Gasteiger partial charge in [0.2, 0.25) is 0 Å². The predicted molar refractivity (Wildman–Crippen MR) is 32.6 cm³/mol. The van der Waals surface area contributed by atoms with Crippen LogP contribution in [0.5, 0.6) is 0 Å². The summed E-state index contributed by atoms with van der Waals surface area (Å²) in [4.78, 5) is 0. The Hall–Kier alpha value is -0.0200. The van der Waals surface area contributed by atoms with Crippen LogP contribution in [0.1, 0.15) is 0 Å². The summed E-state index contributed by atoms with van der Waals surface area (Å²) in [6.45, 7) is 0. The third-order valence-electron chi connectivity index (χ3n) is 0.916. The highest BCUT2D eigenvalue weighted by Crippen LogP contribution is 2.47. The first-order valence-corrected chi connectivity index (χ1v) is 3.55. The third kappa shape index (κ3) is 3.49. The molecule has 0 aromatic rings. The zero-order chi connectivity index (χ0) is 12.7. The molecule has 0 aliphatic carbocycles. The summed E-state index contributed by atoms with van der Waals surface area (Å²) >= 11 is 8.01. The molecule has 0 saturated carbocycles. The van der Waals surface area contributed by atoms with Crippen LogP contribution < -0.4 is 0 Å². The van der Waals surface area contributed by atoms with Crippen molar-refractivity contribution in [3.05, 3.63) is 0 Å².